The number of rotatable bonds is 1. The summed E-state index contributed by atoms with van der Waals surface area (Å²) < 4.78 is 0. The normalized spacial score (nSPS) is 21.6. The van der Waals surface area contributed by atoms with Crippen LogP contribution in [0, 0.1) is 0 Å². The molecule has 2 aromatic rings. The van der Waals surface area contributed by atoms with Crippen LogP contribution in [0.3, 0.4) is 0 Å². The van der Waals surface area contributed by atoms with Crippen molar-refractivity contribution in [3.63, 3.8) is 0 Å². The molecule has 130 valence electrons. The second-order valence-corrected chi connectivity index (χ2v) is 7.62. The van der Waals surface area contributed by atoms with Crippen LogP contribution in [0.1, 0.15) is 56.1 Å². The van der Waals surface area contributed by atoms with E-state index in [1.165, 1.54) is 24.0 Å². The largest absolute Gasteiger partial charge is 0.322 e. The van der Waals surface area contributed by atoms with Crippen molar-refractivity contribution in [2.45, 2.75) is 57.0 Å². The predicted molar refractivity (Wildman–Crippen MR) is 102 cm³/mol. The molecule has 0 saturated heterocycles. The number of amides is 2. The number of carbonyl (C=O) groups is 1. The van der Waals surface area contributed by atoms with Crippen molar-refractivity contribution >= 4 is 11.7 Å². The highest BCUT2D eigenvalue weighted by Crippen LogP contribution is 2.46. The number of urea groups is 1. The molecule has 4 rings (SSSR count). The smallest absolute Gasteiger partial charge is 0.315 e. The van der Waals surface area contributed by atoms with Gasteiger partial charge in [-0.1, -0.05) is 62.2 Å². The summed E-state index contributed by atoms with van der Waals surface area (Å²) in [6, 6.07) is 18.5. The molecule has 1 saturated carbocycles. The topological polar surface area (TPSA) is 32.3 Å². The molecule has 1 spiro atoms. The van der Waals surface area contributed by atoms with Crippen molar-refractivity contribution in [1.82, 2.24) is 4.90 Å². The number of carbonyl (C=O) groups excluding carboxylic acids is 1. The van der Waals surface area contributed by atoms with E-state index in [1.54, 1.807) is 0 Å². The number of para-hydroxylation sites is 1. The van der Waals surface area contributed by atoms with E-state index in [0.29, 0.717) is 12.5 Å². The van der Waals surface area contributed by atoms with Crippen molar-refractivity contribution in [1.29, 1.82) is 0 Å². The molecule has 1 unspecified atom stereocenters. The number of benzene rings is 2. The van der Waals surface area contributed by atoms with Gasteiger partial charge in [-0.3, -0.25) is 0 Å². The van der Waals surface area contributed by atoms with E-state index in [4.69, 9.17) is 0 Å². The second-order valence-electron chi connectivity index (χ2n) is 7.62. The van der Waals surface area contributed by atoms with Gasteiger partial charge < -0.3 is 10.2 Å². The number of nitrogens with zero attached hydrogens (tertiary/aromatic N) is 1. The van der Waals surface area contributed by atoms with Gasteiger partial charge in [0.25, 0.3) is 0 Å². The number of nitrogens with one attached hydrogen (secondary N) is 1. The molecule has 1 atom stereocenters. The van der Waals surface area contributed by atoms with Gasteiger partial charge in [0.2, 0.25) is 0 Å². The monoisotopic (exact) mass is 334 g/mol. The molecule has 1 heterocycles. The van der Waals surface area contributed by atoms with Gasteiger partial charge in [-0.05, 0) is 48.4 Å². The summed E-state index contributed by atoms with van der Waals surface area (Å²) in [4.78, 5) is 15.3. The lowest BCUT2D eigenvalue weighted by atomic mass is 9.83. The molecule has 2 amide bonds. The molecule has 1 N–H and O–H groups in total. The Morgan fingerprint density at radius 1 is 1.04 bits per heavy atom. The third-order valence-corrected chi connectivity index (χ3v) is 5.98. The predicted octanol–water partition coefficient (Wildman–Crippen LogP) is 5.54. The maximum absolute atomic E-state index is 13.2. The van der Waals surface area contributed by atoms with E-state index in [1.807, 2.05) is 30.3 Å². The lowest BCUT2D eigenvalue weighted by molar-refractivity contribution is 0.111. The fourth-order valence-electron chi connectivity index (χ4n) is 4.79. The molecule has 2 aliphatic rings. The third kappa shape index (κ3) is 3.04. The molecule has 0 radical (unpaired) electrons. The Morgan fingerprint density at radius 2 is 1.72 bits per heavy atom. The summed E-state index contributed by atoms with van der Waals surface area (Å²) in [5.74, 6) is 0.490. The Kier molecular flexibility index (Phi) is 4.24. The maximum atomic E-state index is 13.2. The maximum Gasteiger partial charge on any atom is 0.322 e. The van der Waals surface area contributed by atoms with E-state index in [9.17, 15) is 4.79 Å². The van der Waals surface area contributed by atoms with Gasteiger partial charge in [-0.2, -0.15) is 0 Å². The number of anilines is 1. The lowest BCUT2D eigenvalue weighted by Crippen LogP contribution is -2.51. The summed E-state index contributed by atoms with van der Waals surface area (Å²) in [5.41, 5.74) is 3.56. The molecule has 3 nitrogen and oxygen atoms in total. The van der Waals surface area contributed by atoms with Crippen LogP contribution in [-0.4, -0.2) is 16.5 Å². The molecule has 2 aromatic carbocycles. The Hall–Kier alpha value is -2.29. The first-order chi connectivity index (χ1) is 12.2. The van der Waals surface area contributed by atoms with Gasteiger partial charge in [-0.25, -0.2) is 4.79 Å². The van der Waals surface area contributed by atoms with Crippen LogP contribution in [0.2, 0.25) is 0 Å². The summed E-state index contributed by atoms with van der Waals surface area (Å²) >= 11 is 0. The first kappa shape index (κ1) is 16.2. The van der Waals surface area contributed by atoms with Crippen LogP contribution in [-0.2, 0) is 6.54 Å². The Bertz CT molecular complexity index is 750. The zero-order chi connectivity index (χ0) is 17.3. The van der Waals surface area contributed by atoms with Crippen LogP contribution in [0.15, 0.2) is 54.6 Å². The minimum atomic E-state index is -0.00268. The minimum Gasteiger partial charge on any atom is -0.315 e. The minimum absolute atomic E-state index is 0.00268. The van der Waals surface area contributed by atoms with Crippen molar-refractivity contribution in [3.8, 4) is 0 Å². The fourth-order valence-corrected chi connectivity index (χ4v) is 4.79. The van der Waals surface area contributed by atoms with E-state index in [0.717, 1.165) is 24.9 Å². The third-order valence-electron chi connectivity index (χ3n) is 5.98. The quantitative estimate of drug-likeness (QED) is 0.729. The van der Waals surface area contributed by atoms with E-state index in [2.05, 4.69) is 41.4 Å². The average Bonchev–Trinajstić information content (AvgIpc) is 3.05. The van der Waals surface area contributed by atoms with Crippen molar-refractivity contribution in [3.05, 3.63) is 65.7 Å². The van der Waals surface area contributed by atoms with Crippen LogP contribution < -0.4 is 5.32 Å². The van der Waals surface area contributed by atoms with Crippen LogP contribution >= 0.6 is 0 Å². The Balaban J connectivity index is 1.68. The molecule has 1 aliphatic carbocycles. The molecule has 0 bridgehead atoms. The van der Waals surface area contributed by atoms with Gasteiger partial charge >= 0.3 is 6.03 Å². The molecule has 1 aliphatic heterocycles. The van der Waals surface area contributed by atoms with E-state index in [-0.39, 0.29) is 11.6 Å². The first-order valence-corrected chi connectivity index (χ1v) is 9.39. The van der Waals surface area contributed by atoms with E-state index < -0.39 is 0 Å². The second kappa shape index (κ2) is 6.55. The highest BCUT2D eigenvalue weighted by molar-refractivity contribution is 5.90. The average molecular weight is 334 g/mol. The van der Waals surface area contributed by atoms with Crippen molar-refractivity contribution in [2.24, 2.45) is 0 Å². The number of hydrogen-bond acceptors (Lipinski definition) is 1. The highest BCUT2D eigenvalue weighted by Gasteiger charge is 2.45. The lowest BCUT2D eigenvalue weighted by Gasteiger charge is -2.41. The van der Waals surface area contributed by atoms with Gasteiger partial charge in [-0.15, -0.1) is 0 Å². The number of fused-ring (bicyclic) bond motifs is 1. The summed E-state index contributed by atoms with van der Waals surface area (Å²) in [7, 11) is 0. The molecular formula is C22H26N2O. The van der Waals surface area contributed by atoms with Crippen molar-refractivity contribution in [2.75, 3.05) is 5.32 Å². The molecule has 1 fully saturated rings. The molecule has 0 aromatic heterocycles. The van der Waals surface area contributed by atoms with E-state index >= 15 is 0 Å². The van der Waals surface area contributed by atoms with Gasteiger partial charge in [0, 0.05) is 17.8 Å². The first-order valence-electron chi connectivity index (χ1n) is 9.39. The van der Waals surface area contributed by atoms with Gasteiger partial charge in [0.15, 0.2) is 0 Å². The van der Waals surface area contributed by atoms with Crippen LogP contribution in [0.25, 0.3) is 0 Å². The Labute approximate surface area is 150 Å². The highest BCUT2D eigenvalue weighted by atomic mass is 16.2. The summed E-state index contributed by atoms with van der Waals surface area (Å²) in [6.07, 6.45) is 5.74. The van der Waals surface area contributed by atoms with Gasteiger partial charge in [0.1, 0.15) is 0 Å². The van der Waals surface area contributed by atoms with Crippen LogP contribution in [0.5, 0.6) is 0 Å². The summed E-state index contributed by atoms with van der Waals surface area (Å²) in [5, 5.41) is 3.12. The van der Waals surface area contributed by atoms with Crippen molar-refractivity contribution < 1.29 is 4.79 Å². The number of hydrogen-bond donors (Lipinski definition) is 1. The SMILES string of the molecule is CC1CC2(CCCC2)N(C(=O)Nc2ccccc2)Cc2ccccc21. The fraction of sp³-hybridized carbons (Fsp3) is 0.409. The standard InChI is InChI=1S/C22H26N2O/c1-17-15-22(13-7-8-14-22)24(16-18-9-5-6-12-20(17)18)21(25)23-19-10-3-2-4-11-19/h2-6,9-12,17H,7-8,13-16H2,1H3,(H,23,25). The van der Waals surface area contributed by atoms with Gasteiger partial charge in [0.05, 0.1) is 0 Å². The summed E-state index contributed by atoms with van der Waals surface area (Å²) in [6.45, 7) is 3.02. The zero-order valence-electron chi connectivity index (χ0n) is 14.9. The molecule has 25 heavy (non-hydrogen) atoms. The Morgan fingerprint density at radius 3 is 2.48 bits per heavy atom. The zero-order valence-corrected chi connectivity index (χ0v) is 14.9. The van der Waals surface area contributed by atoms with Crippen LogP contribution in [0.4, 0.5) is 10.5 Å². The molecule has 3 heteroatoms. The molecular weight excluding hydrogens is 308 g/mol.